The average Bonchev–Trinajstić information content (AvgIpc) is 2.63. The van der Waals surface area contributed by atoms with Gasteiger partial charge in [-0.3, -0.25) is 4.72 Å². The molecule has 1 aliphatic rings. The maximum Gasteiger partial charge on any atom is 0.144 e. The van der Waals surface area contributed by atoms with E-state index in [0.717, 1.165) is 35.6 Å². The highest BCUT2D eigenvalue weighted by molar-refractivity contribution is 7.97. The van der Waals surface area contributed by atoms with Gasteiger partial charge in [0.1, 0.15) is 18.0 Å². The third-order valence-electron chi connectivity index (χ3n) is 3.85. The fraction of sp³-hybridized carbons (Fsp3) is 0.312. The fourth-order valence-corrected chi connectivity index (χ4v) is 3.20. The summed E-state index contributed by atoms with van der Waals surface area (Å²) < 4.78 is 8.53. The molecule has 132 valence electrons. The first-order valence-electron chi connectivity index (χ1n) is 7.91. The average molecular weight is 359 g/mol. The summed E-state index contributed by atoms with van der Waals surface area (Å²) in [5.41, 5.74) is 8.31. The molecule has 25 heavy (non-hydrogen) atoms. The van der Waals surface area contributed by atoms with E-state index in [0.29, 0.717) is 24.6 Å². The van der Waals surface area contributed by atoms with Crippen LogP contribution in [0, 0.1) is 5.41 Å². The molecular formula is C16H21N7OS. The van der Waals surface area contributed by atoms with Gasteiger partial charge in [0.2, 0.25) is 0 Å². The molecule has 0 aliphatic carbocycles. The summed E-state index contributed by atoms with van der Waals surface area (Å²) in [6.45, 7) is 3.07. The maximum atomic E-state index is 7.58. The van der Waals surface area contributed by atoms with Gasteiger partial charge < -0.3 is 26.1 Å². The minimum absolute atomic E-state index is 0.279. The quantitative estimate of drug-likeness (QED) is 0.457. The zero-order chi connectivity index (χ0) is 17.6. The zero-order valence-electron chi connectivity index (χ0n) is 14.0. The van der Waals surface area contributed by atoms with Crippen molar-refractivity contribution in [3.63, 3.8) is 0 Å². The van der Waals surface area contributed by atoms with Gasteiger partial charge in [-0.25, -0.2) is 9.97 Å². The topological polar surface area (TPSA) is 112 Å². The molecule has 0 unspecified atom stereocenters. The standard InChI is InChI=1S/C16H21N7OS/c1-19-25-11-2-3-14(23-4-6-24-7-5-23)13(8-11)22-16-12(9-17)15(18)20-10-21-16/h2-3,8-10,17,19H,4-7H2,1H3,(H3,18,20,21,22). The molecule has 0 amide bonds. The van der Waals surface area contributed by atoms with Crippen LogP contribution in [-0.2, 0) is 4.74 Å². The number of rotatable bonds is 6. The summed E-state index contributed by atoms with van der Waals surface area (Å²) in [7, 11) is 1.88. The molecule has 0 atom stereocenters. The largest absolute Gasteiger partial charge is 0.383 e. The molecule has 2 aromatic rings. The van der Waals surface area contributed by atoms with Crippen LogP contribution in [0.15, 0.2) is 29.4 Å². The van der Waals surface area contributed by atoms with E-state index in [1.807, 2.05) is 7.05 Å². The van der Waals surface area contributed by atoms with Crippen molar-refractivity contribution < 1.29 is 4.74 Å². The minimum atomic E-state index is 0.279. The molecule has 3 rings (SSSR count). The van der Waals surface area contributed by atoms with Crippen LogP contribution in [0.2, 0.25) is 0 Å². The number of nitrogens with zero attached hydrogens (tertiary/aromatic N) is 3. The molecule has 1 aromatic heterocycles. The van der Waals surface area contributed by atoms with Gasteiger partial charge in [0, 0.05) is 24.2 Å². The van der Waals surface area contributed by atoms with Crippen molar-refractivity contribution in [2.24, 2.45) is 0 Å². The summed E-state index contributed by atoms with van der Waals surface area (Å²) in [5.74, 6) is 0.796. The summed E-state index contributed by atoms with van der Waals surface area (Å²) in [6.07, 6.45) is 2.56. The minimum Gasteiger partial charge on any atom is -0.383 e. The second kappa shape index (κ2) is 8.15. The Balaban J connectivity index is 1.98. The van der Waals surface area contributed by atoms with Crippen LogP contribution in [0.25, 0.3) is 0 Å². The summed E-state index contributed by atoms with van der Waals surface area (Å²) in [6, 6.07) is 6.21. The number of anilines is 4. The monoisotopic (exact) mass is 359 g/mol. The molecule has 0 spiro atoms. The summed E-state index contributed by atoms with van der Waals surface area (Å²) >= 11 is 1.53. The second-order valence-corrected chi connectivity index (χ2v) is 6.46. The number of nitrogens with one attached hydrogen (secondary N) is 3. The third-order valence-corrected chi connectivity index (χ3v) is 4.55. The van der Waals surface area contributed by atoms with E-state index in [4.69, 9.17) is 15.9 Å². The molecule has 8 nitrogen and oxygen atoms in total. The van der Waals surface area contributed by atoms with Crippen LogP contribution in [-0.4, -0.2) is 49.5 Å². The van der Waals surface area contributed by atoms with E-state index in [2.05, 4.69) is 43.1 Å². The molecule has 0 radical (unpaired) electrons. The van der Waals surface area contributed by atoms with Crippen LogP contribution in [0.5, 0.6) is 0 Å². The van der Waals surface area contributed by atoms with Crippen molar-refractivity contribution in [2.75, 3.05) is 49.3 Å². The van der Waals surface area contributed by atoms with E-state index < -0.39 is 0 Å². The number of hydrogen-bond acceptors (Lipinski definition) is 9. The van der Waals surface area contributed by atoms with Crippen molar-refractivity contribution in [1.82, 2.24) is 14.7 Å². The second-order valence-electron chi connectivity index (χ2n) is 5.38. The predicted molar refractivity (Wildman–Crippen MR) is 102 cm³/mol. The predicted octanol–water partition coefficient (Wildman–Crippen LogP) is 1.86. The number of nitrogen functional groups attached to an aromatic ring is 1. The van der Waals surface area contributed by atoms with Crippen molar-refractivity contribution in [3.8, 4) is 0 Å². The molecule has 0 saturated carbocycles. The number of aromatic nitrogens is 2. The fourth-order valence-electron chi connectivity index (χ4n) is 2.66. The number of ether oxygens (including phenoxy) is 1. The van der Waals surface area contributed by atoms with Crippen molar-refractivity contribution >= 4 is 41.2 Å². The lowest BCUT2D eigenvalue weighted by molar-refractivity contribution is 0.123. The van der Waals surface area contributed by atoms with E-state index >= 15 is 0 Å². The smallest absolute Gasteiger partial charge is 0.144 e. The first kappa shape index (κ1) is 17.5. The van der Waals surface area contributed by atoms with Gasteiger partial charge in [0.05, 0.1) is 30.2 Å². The highest BCUT2D eigenvalue weighted by atomic mass is 32.2. The van der Waals surface area contributed by atoms with Gasteiger partial charge in [-0.15, -0.1) is 0 Å². The highest BCUT2D eigenvalue weighted by Gasteiger charge is 2.17. The Morgan fingerprint density at radius 1 is 1.32 bits per heavy atom. The van der Waals surface area contributed by atoms with Crippen LogP contribution in [0.3, 0.4) is 0 Å². The Hall–Kier alpha value is -2.36. The lowest BCUT2D eigenvalue weighted by atomic mass is 10.2. The van der Waals surface area contributed by atoms with Crippen LogP contribution >= 0.6 is 11.9 Å². The van der Waals surface area contributed by atoms with Gasteiger partial charge in [-0.1, -0.05) is 0 Å². The van der Waals surface area contributed by atoms with Gasteiger partial charge in [-0.05, 0) is 37.2 Å². The maximum absolute atomic E-state index is 7.58. The van der Waals surface area contributed by atoms with Crippen LogP contribution < -0.4 is 20.7 Å². The van der Waals surface area contributed by atoms with Gasteiger partial charge in [0.25, 0.3) is 0 Å². The normalized spacial score (nSPS) is 14.4. The molecule has 2 heterocycles. The van der Waals surface area contributed by atoms with E-state index in [1.165, 1.54) is 18.3 Å². The molecule has 1 fully saturated rings. The van der Waals surface area contributed by atoms with Crippen LogP contribution in [0.1, 0.15) is 5.56 Å². The van der Waals surface area contributed by atoms with Gasteiger partial charge in [0.15, 0.2) is 0 Å². The highest BCUT2D eigenvalue weighted by Crippen LogP contribution is 2.33. The Labute approximate surface area is 150 Å². The Morgan fingerprint density at radius 2 is 2.12 bits per heavy atom. The molecule has 0 bridgehead atoms. The molecular weight excluding hydrogens is 338 g/mol. The van der Waals surface area contributed by atoms with E-state index in [9.17, 15) is 0 Å². The van der Waals surface area contributed by atoms with Gasteiger partial charge >= 0.3 is 0 Å². The molecule has 1 aromatic carbocycles. The molecule has 5 N–H and O–H groups in total. The SMILES string of the molecule is CNSc1ccc(N2CCOCC2)c(Nc2ncnc(N)c2C=N)c1. The lowest BCUT2D eigenvalue weighted by Gasteiger charge is -2.31. The molecule has 1 aliphatic heterocycles. The number of benzene rings is 1. The third kappa shape index (κ3) is 4.01. The van der Waals surface area contributed by atoms with E-state index in [1.54, 1.807) is 0 Å². The lowest BCUT2D eigenvalue weighted by Crippen LogP contribution is -2.36. The van der Waals surface area contributed by atoms with E-state index in [-0.39, 0.29) is 5.82 Å². The Morgan fingerprint density at radius 3 is 2.84 bits per heavy atom. The zero-order valence-corrected chi connectivity index (χ0v) is 14.8. The molecule has 1 saturated heterocycles. The number of hydrogen-bond donors (Lipinski definition) is 4. The summed E-state index contributed by atoms with van der Waals surface area (Å²) in [4.78, 5) is 11.5. The summed E-state index contributed by atoms with van der Waals surface area (Å²) in [5, 5.41) is 10.9. The Kier molecular flexibility index (Phi) is 5.69. The Bertz CT molecular complexity index is 749. The van der Waals surface area contributed by atoms with Crippen molar-refractivity contribution in [3.05, 3.63) is 30.1 Å². The van der Waals surface area contributed by atoms with Crippen LogP contribution in [0.4, 0.5) is 23.0 Å². The van der Waals surface area contributed by atoms with Crippen molar-refractivity contribution in [2.45, 2.75) is 4.90 Å². The first-order valence-corrected chi connectivity index (χ1v) is 8.73. The number of morpholine rings is 1. The first-order chi connectivity index (χ1) is 12.2. The van der Waals surface area contributed by atoms with Gasteiger partial charge in [-0.2, -0.15) is 0 Å². The molecule has 9 heteroatoms. The number of nitrogens with two attached hydrogens (primary N) is 1. The van der Waals surface area contributed by atoms with Crippen molar-refractivity contribution in [1.29, 1.82) is 5.41 Å².